The zero-order valence-corrected chi connectivity index (χ0v) is 35.1. The summed E-state index contributed by atoms with van der Waals surface area (Å²) in [5.41, 5.74) is 0.410. The summed E-state index contributed by atoms with van der Waals surface area (Å²) in [6, 6.07) is 23.8. The van der Waals surface area contributed by atoms with Crippen LogP contribution in [-0.2, 0) is 16.2 Å². The second kappa shape index (κ2) is 19.0. The van der Waals surface area contributed by atoms with Gasteiger partial charge in [-0.25, -0.2) is 17.8 Å². The van der Waals surface area contributed by atoms with Gasteiger partial charge in [-0.1, -0.05) is 18.2 Å². The van der Waals surface area contributed by atoms with Crippen molar-refractivity contribution in [2.45, 2.75) is 22.9 Å². The van der Waals surface area contributed by atoms with Gasteiger partial charge >= 0.3 is 6.18 Å². The van der Waals surface area contributed by atoms with E-state index >= 15 is 0 Å². The lowest BCUT2D eigenvalue weighted by molar-refractivity contribution is -0.384. The van der Waals surface area contributed by atoms with Crippen LogP contribution in [0.2, 0.25) is 0 Å². The van der Waals surface area contributed by atoms with E-state index in [-0.39, 0.29) is 35.6 Å². The number of pyridine rings is 1. The van der Waals surface area contributed by atoms with E-state index in [1.54, 1.807) is 48.6 Å². The van der Waals surface area contributed by atoms with Gasteiger partial charge in [0.1, 0.15) is 11.4 Å². The van der Waals surface area contributed by atoms with Gasteiger partial charge in [-0.2, -0.15) is 18.3 Å². The Balaban J connectivity index is 0.966. The van der Waals surface area contributed by atoms with Gasteiger partial charge in [0.05, 0.1) is 40.1 Å². The van der Waals surface area contributed by atoms with Crippen molar-refractivity contribution < 1.29 is 40.8 Å². The monoisotopic (exact) mass is 900 g/mol. The first-order valence-electron chi connectivity index (χ1n) is 19.5. The number of thioether (sulfide) groups is 1. The minimum atomic E-state index is -4.74. The number of nitrogens with zero attached hydrogens (tertiary/aromatic N) is 6. The van der Waals surface area contributed by atoms with Gasteiger partial charge in [0.2, 0.25) is 0 Å². The number of anilines is 2. The highest BCUT2D eigenvalue weighted by Crippen LogP contribution is 2.33. The Morgan fingerprint density at radius 1 is 0.873 bits per heavy atom. The van der Waals surface area contributed by atoms with E-state index in [0.29, 0.717) is 54.6 Å². The van der Waals surface area contributed by atoms with Crippen molar-refractivity contribution in [2.24, 2.45) is 0 Å². The molecule has 326 valence electrons. The number of aromatic nitrogens is 3. The molecule has 1 saturated heterocycles. The van der Waals surface area contributed by atoms with Crippen LogP contribution in [-0.4, -0.2) is 89.9 Å². The number of nitro groups is 1. The Morgan fingerprint density at radius 3 is 2.32 bits per heavy atom. The van der Waals surface area contributed by atoms with Gasteiger partial charge in [-0.3, -0.25) is 24.7 Å². The topological polar surface area (TPSA) is 182 Å². The van der Waals surface area contributed by atoms with Crippen LogP contribution in [0.25, 0.3) is 16.8 Å². The maximum atomic E-state index is 14.1. The van der Waals surface area contributed by atoms with Crippen molar-refractivity contribution in [1.29, 1.82) is 0 Å². The van der Waals surface area contributed by atoms with Crippen molar-refractivity contribution in [3.63, 3.8) is 0 Å². The maximum Gasteiger partial charge on any atom is 0.416 e. The Hall–Kier alpha value is -6.93. The van der Waals surface area contributed by atoms with Crippen LogP contribution in [0.4, 0.5) is 30.2 Å². The smallest absolute Gasteiger partial charge is 0.416 e. The van der Waals surface area contributed by atoms with Crippen LogP contribution >= 0.6 is 11.8 Å². The van der Waals surface area contributed by atoms with E-state index in [2.05, 4.69) is 15.4 Å². The number of nitro benzene ring substituents is 1. The van der Waals surface area contributed by atoms with Crippen molar-refractivity contribution in [1.82, 2.24) is 24.4 Å². The van der Waals surface area contributed by atoms with Crippen LogP contribution in [0.5, 0.6) is 5.75 Å². The minimum absolute atomic E-state index is 0.000176. The highest BCUT2D eigenvalue weighted by Gasteiger charge is 2.33. The molecule has 0 bridgehead atoms. The average Bonchev–Trinajstić information content (AvgIpc) is 3.79. The third-order valence-electron chi connectivity index (χ3n) is 9.89. The van der Waals surface area contributed by atoms with Gasteiger partial charge in [0, 0.05) is 89.8 Å². The zero-order valence-electron chi connectivity index (χ0n) is 33.5. The normalized spacial score (nSPS) is 13.1. The SMILES string of the molecule is CCOc1cncc(-c2cnn(-c3cc(C(=O)N4CCN(c5ccc(C(=O)NS(=O)(=O)c6ccc(NCCSc7ccccc7)c([N+](=O)[O-])c6)cc5)CC4)cc(C(F)(F)F)c3)c2)c1. The molecule has 0 spiro atoms. The average molecular weight is 901 g/mol. The van der Waals surface area contributed by atoms with Gasteiger partial charge < -0.3 is 19.9 Å². The van der Waals surface area contributed by atoms with Crippen molar-refractivity contribution in [3.05, 3.63) is 149 Å². The van der Waals surface area contributed by atoms with E-state index in [0.717, 1.165) is 23.1 Å². The van der Waals surface area contributed by atoms with Crippen molar-refractivity contribution in [2.75, 3.05) is 55.3 Å². The number of piperazine rings is 1. The molecule has 1 aliphatic heterocycles. The largest absolute Gasteiger partial charge is 0.492 e. The van der Waals surface area contributed by atoms with Crippen LogP contribution < -0.4 is 19.7 Å². The molecule has 2 amide bonds. The van der Waals surface area contributed by atoms with Crippen LogP contribution in [0, 0.1) is 10.1 Å². The minimum Gasteiger partial charge on any atom is -0.492 e. The maximum absolute atomic E-state index is 14.1. The van der Waals surface area contributed by atoms with Gasteiger partial charge in [-0.15, -0.1) is 11.8 Å². The number of alkyl halides is 3. The number of hydrogen-bond acceptors (Lipinski definition) is 12. The highest BCUT2D eigenvalue weighted by molar-refractivity contribution is 7.99. The number of amides is 2. The molecule has 4 aromatic carbocycles. The number of rotatable bonds is 15. The fraction of sp³-hybridized carbons (Fsp3) is 0.209. The Morgan fingerprint density at radius 2 is 1.62 bits per heavy atom. The summed E-state index contributed by atoms with van der Waals surface area (Å²) >= 11 is 1.55. The first-order chi connectivity index (χ1) is 30.2. The Kier molecular flexibility index (Phi) is 13.3. The molecule has 6 aromatic rings. The number of hydrogen-bond donors (Lipinski definition) is 2. The molecule has 7 rings (SSSR count). The number of carbonyl (C=O) groups is 2. The number of benzene rings is 4. The summed E-state index contributed by atoms with van der Waals surface area (Å²) in [5.74, 6) is -0.432. The molecule has 20 heteroatoms. The molecule has 63 heavy (non-hydrogen) atoms. The molecular weight excluding hydrogens is 862 g/mol. The fourth-order valence-electron chi connectivity index (χ4n) is 6.73. The predicted molar refractivity (Wildman–Crippen MR) is 231 cm³/mol. The van der Waals surface area contributed by atoms with E-state index in [9.17, 15) is 41.3 Å². The molecule has 1 aliphatic rings. The number of ether oxygens (including phenoxy) is 1. The van der Waals surface area contributed by atoms with Crippen LogP contribution in [0.1, 0.15) is 33.2 Å². The van der Waals surface area contributed by atoms with E-state index in [1.165, 1.54) is 46.1 Å². The molecule has 2 aromatic heterocycles. The number of halogens is 3. The Bertz CT molecular complexity index is 2730. The first-order valence-corrected chi connectivity index (χ1v) is 21.9. The summed E-state index contributed by atoms with van der Waals surface area (Å²) in [6.45, 7) is 3.59. The molecule has 2 N–H and O–H groups in total. The number of carbonyl (C=O) groups excluding carboxylic acids is 2. The standard InChI is InChI=1S/C43H39F3N8O7S2/c1-2-61-36-22-31(25-47-27-36)32-26-49-53(28-32)35-21-30(20-33(23-35)43(44,45)46)42(56)52-17-15-51(16-18-52)34-10-8-29(9-11-34)41(55)50-63(59,60)38-12-13-39(40(24-38)54(57)58)48-14-19-62-37-6-4-3-5-7-37/h3-13,20-28,48H,2,14-19H2,1H3,(H,50,55). The lowest BCUT2D eigenvalue weighted by atomic mass is 10.1. The number of sulfonamides is 1. The molecule has 0 atom stereocenters. The molecule has 15 nitrogen and oxygen atoms in total. The molecule has 1 fully saturated rings. The first kappa shape index (κ1) is 44.1. The number of nitrogens with one attached hydrogen (secondary N) is 2. The summed E-state index contributed by atoms with van der Waals surface area (Å²) in [4.78, 5) is 46.0. The van der Waals surface area contributed by atoms with Gasteiger partial charge in [0.15, 0.2) is 0 Å². The Labute approximate surface area is 364 Å². The second-order valence-electron chi connectivity index (χ2n) is 14.1. The molecular formula is C43H39F3N8O7S2. The van der Waals surface area contributed by atoms with Gasteiger partial charge in [0.25, 0.3) is 27.5 Å². The predicted octanol–water partition coefficient (Wildman–Crippen LogP) is 7.55. The lowest BCUT2D eigenvalue weighted by Crippen LogP contribution is -2.48. The zero-order chi connectivity index (χ0) is 44.7. The molecule has 0 saturated carbocycles. The van der Waals surface area contributed by atoms with Crippen molar-refractivity contribution >= 4 is 50.7 Å². The molecule has 0 aliphatic carbocycles. The summed E-state index contributed by atoms with van der Waals surface area (Å²) < 4.78 is 77.4. The fourth-order valence-corrected chi connectivity index (χ4v) is 8.51. The lowest BCUT2D eigenvalue weighted by Gasteiger charge is -2.36. The third kappa shape index (κ3) is 10.8. The summed E-state index contributed by atoms with van der Waals surface area (Å²) in [5, 5.41) is 19.1. The quantitative estimate of drug-likeness (QED) is 0.0448. The van der Waals surface area contributed by atoms with Crippen LogP contribution in [0.15, 0.2) is 132 Å². The van der Waals surface area contributed by atoms with Gasteiger partial charge in [-0.05, 0) is 79.7 Å². The summed E-state index contributed by atoms with van der Waals surface area (Å²) in [7, 11) is -4.51. The molecule has 0 unspecified atom stereocenters. The highest BCUT2D eigenvalue weighted by atomic mass is 32.2. The third-order valence-corrected chi connectivity index (χ3v) is 12.2. The summed E-state index contributed by atoms with van der Waals surface area (Å²) in [6.07, 6.45) is 1.41. The van der Waals surface area contributed by atoms with E-state index in [1.807, 2.05) is 46.9 Å². The van der Waals surface area contributed by atoms with E-state index < -0.39 is 49.1 Å². The second-order valence-corrected chi connectivity index (χ2v) is 16.9. The van der Waals surface area contributed by atoms with E-state index in [4.69, 9.17) is 4.74 Å². The van der Waals surface area contributed by atoms with Crippen LogP contribution in [0.3, 0.4) is 0 Å². The molecule has 3 heterocycles. The molecule has 0 radical (unpaired) electrons. The van der Waals surface area contributed by atoms with Crippen molar-refractivity contribution in [3.8, 4) is 22.6 Å².